The molecule has 0 saturated carbocycles. The van der Waals surface area contributed by atoms with Crippen molar-refractivity contribution in [3.8, 4) is 0 Å². The van der Waals surface area contributed by atoms with E-state index >= 15 is 0 Å². The van der Waals surface area contributed by atoms with Crippen LogP contribution in [0.25, 0.3) is 0 Å². The number of carbonyl (C=O) groups is 1. The van der Waals surface area contributed by atoms with Crippen molar-refractivity contribution in [2.45, 2.75) is 31.6 Å². The predicted molar refractivity (Wildman–Crippen MR) is 133 cm³/mol. The van der Waals surface area contributed by atoms with Crippen LogP contribution < -0.4 is 9.62 Å². The van der Waals surface area contributed by atoms with Crippen molar-refractivity contribution in [2.75, 3.05) is 35.8 Å². The highest BCUT2D eigenvalue weighted by atomic mass is 32.2. The standard InChI is InChI=1S/C25H29N5O3S/c1-18(2)24-26-19(3)17-23(27-24)29-13-15-30(16-14-29)25(31)20-9-11-21(12-10-20)28-34(32,33)22-7-5-4-6-8-22/h4-12,17-18,28H,13-16H2,1-3H3. The van der Waals surface area contributed by atoms with Gasteiger partial charge in [0, 0.05) is 55.1 Å². The van der Waals surface area contributed by atoms with Crippen LogP contribution in [0.2, 0.25) is 0 Å². The minimum atomic E-state index is -3.67. The molecule has 0 bridgehead atoms. The zero-order valence-electron chi connectivity index (χ0n) is 19.6. The van der Waals surface area contributed by atoms with Gasteiger partial charge in [0.25, 0.3) is 15.9 Å². The van der Waals surface area contributed by atoms with E-state index in [9.17, 15) is 13.2 Å². The van der Waals surface area contributed by atoms with E-state index in [4.69, 9.17) is 4.98 Å². The second-order valence-corrected chi connectivity index (χ2v) is 10.3. The molecule has 8 nitrogen and oxygen atoms in total. The molecule has 2 aromatic carbocycles. The summed E-state index contributed by atoms with van der Waals surface area (Å²) in [5, 5.41) is 0. The van der Waals surface area contributed by atoms with Gasteiger partial charge in [-0.15, -0.1) is 0 Å². The van der Waals surface area contributed by atoms with Gasteiger partial charge >= 0.3 is 0 Å². The lowest BCUT2D eigenvalue weighted by molar-refractivity contribution is 0.0746. The van der Waals surface area contributed by atoms with Crippen LogP contribution in [-0.4, -0.2) is 55.4 Å². The summed E-state index contributed by atoms with van der Waals surface area (Å²) in [6.45, 7) is 8.67. The van der Waals surface area contributed by atoms with E-state index < -0.39 is 10.0 Å². The van der Waals surface area contributed by atoms with Crippen LogP contribution in [0.5, 0.6) is 0 Å². The Balaban J connectivity index is 1.38. The van der Waals surface area contributed by atoms with E-state index in [1.165, 1.54) is 12.1 Å². The average molecular weight is 480 g/mol. The Hall–Kier alpha value is -3.46. The van der Waals surface area contributed by atoms with E-state index in [2.05, 4.69) is 28.5 Å². The molecule has 1 fully saturated rings. The summed E-state index contributed by atoms with van der Waals surface area (Å²) in [5.74, 6) is 1.91. The molecule has 0 unspecified atom stereocenters. The van der Waals surface area contributed by atoms with Crippen molar-refractivity contribution in [1.82, 2.24) is 14.9 Å². The lowest BCUT2D eigenvalue weighted by Crippen LogP contribution is -2.49. The van der Waals surface area contributed by atoms with Crippen molar-refractivity contribution >= 4 is 27.4 Å². The van der Waals surface area contributed by atoms with Gasteiger partial charge in [-0.05, 0) is 43.3 Å². The number of carbonyl (C=O) groups excluding carboxylic acids is 1. The highest BCUT2D eigenvalue weighted by molar-refractivity contribution is 7.92. The minimum absolute atomic E-state index is 0.0705. The monoisotopic (exact) mass is 479 g/mol. The second-order valence-electron chi connectivity index (χ2n) is 8.66. The Kier molecular flexibility index (Phi) is 6.83. The number of nitrogens with zero attached hydrogens (tertiary/aromatic N) is 4. The zero-order chi connectivity index (χ0) is 24.3. The van der Waals surface area contributed by atoms with Crippen molar-refractivity contribution in [1.29, 1.82) is 0 Å². The van der Waals surface area contributed by atoms with Crippen molar-refractivity contribution in [3.05, 3.63) is 77.7 Å². The quantitative estimate of drug-likeness (QED) is 0.580. The molecule has 178 valence electrons. The molecule has 1 aliphatic rings. The Bertz CT molecular complexity index is 1250. The van der Waals surface area contributed by atoms with Crippen LogP contribution in [-0.2, 0) is 10.0 Å². The van der Waals surface area contributed by atoms with Gasteiger partial charge in [0.05, 0.1) is 4.90 Å². The maximum absolute atomic E-state index is 13.0. The van der Waals surface area contributed by atoms with Gasteiger partial charge in [0.2, 0.25) is 0 Å². The summed E-state index contributed by atoms with van der Waals surface area (Å²) < 4.78 is 27.5. The summed E-state index contributed by atoms with van der Waals surface area (Å²) in [6, 6.07) is 16.7. The molecule has 0 atom stereocenters. The van der Waals surface area contributed by atoms with Crippen molar-refractivity contribution < 1.29 is 13.2 Å². The SMILES string of the molecule is Cc1cc(N2CCN(C(=O)c3ccc(NS(=O)(=O)c4ccccc4)cc3)CC2)nc(C(C)C)n1. The number of piperazine rings is 1. The van der Waals surface area contributed by atoms with Gasteiger partial charge in [-0.2, -0.15) is 0 Å². The molecule has 0 aliphatic carbocycles. The minimum Gasteiger partial charge on any atom is -0.353 e. The molecule has 34 heavy (non-hydrogen) atoms. The van der Waals surface area contributed by atoms with Crippen LogP contribution in [0.15, 0.2) is 65.6 Å². The number of aromatic nitrogens is 2. The smallest absolute Gasteiger partial charge is 0.261 e. The van der Waals surface area contributed by atoms with E-state index in [0.717, 1.165) is 17.3 Å². The van der Waals surface area contributed by atoms with Crippen LogP contribution in [0.4, 0.5) is 11.5 Å². The fourth-order valence-electron chi connectivity index (χ4n) is 3.81. The van der Waals surface area contributed by atoms with Gasteiger partial charge in [0.1, 0.15) is 11.6 Å². The first-order chi connectivity index (χ1) is 16.2. The van der Waals surface area contributed by atoms with Gasteiger partial charge in [-0.3, -0.25) is 9.52 Å². The molecule has 4 rings (SSSR count). The van der Waals surface area contributed by atoms with Crippen LogP contribution in [0.3, 0.4) is 0 Å². The summed E-state index contributed by atoms with van der Waals surface area (Å²) in [5.41, 5.74) is 1.87. The number of benzene rings is 2. The Labute approximate surface area is 200 Å². The first-order valence-corrected chi connectivity index (χ1v) is 12.8. The molecule has 1 aromatic heterocycles. The molecule has 9 heteroatoms. The van der Waals surface area contributed by atoms with Gasteiger partial charge < -0.3 is 9.80 Å². The number of rotatable bonds is 6. The first kappa shape index (κ1) is 23.7. The Morgan fingerprint density at radius 1 is 0.941 bits per heavy atom. The molecule has 1 amide bonds. The van der Waals surface area contributed by atoms with Crippen molar-refractivity contribution in [2.24, 2.45) is 0 Å². The number of nitrogens with one attached hydrogen (secondary N) is 1. The Morgan fingerprint density at radius 2 is 1.59 bits per heavy atom. The zero-order valence-corrected chi connectivity index (χ0v) is 20.4. The number of hydrogen-bond acceptors (Lipinski definition) is 6. The Morgan fingerprint density at radius 3 is 2.21 bits per heavy atom. The molecule has 1 N–H and O–H groups in total. The number of sulfonamides is 1. The average Bonchev–Trinajstić information content (AvgIpc) is 2.84. The van der Waals surface area contributed by atoms with Gasteiger partial charge in [-0.25, -0.2) is 18.4 Å². The number of anilines is 2. The predicted octanol–water partition coefficient (Wildman–Crippen LogP) is 3.67. The molecule has 1 aliphatic heterocycles. The van der Waals surface area contributed by atoms with E-state index in [1.807, 2.05) is 17.9 Å². The molecule has 0 radical (unpaired) electrons. The lowest BCUT2D eigenvalue weighted by atomic mass is 10.1. The summed E-state index contributed by atoms with van der Waals surface area (Å²) >= 11 is 0. The fraction of sp³-hybridized carbons (Fsp3) is 0.320. The van der Waals surface area contributed by atoms with E-state index in [1.54, 1.807) is 42.5 Å². The number of hydrogen-bond donors (Lipinski definition) is 1. The molecular formula is C25H29N5O3S. The molecule has 3 aromatic rings. The number of amides is 1. The van der Waals surface area contributed by atoms with Crippen LogP contribution in [0.1, 0.15) is 41.6 Å². The maximum atomic E-state index is 13.0. The number of aryl methyl sites for hydroxylation is 1. The molecule has 0 spiro atoms. The lowest BCUT2D eigenvalue weighted by Gasteiger charge is -2.35. The third-order valence-corrected chi connectivity index (χ3v) is 7.10. The highest BCUT2D eigenvalue weighted by Gasteiger charge is 2.24. The van der Waals surface area contributed by atoms with Gasteiger partial charge in [0.15, 0.2) is 0 Å². The third-order valence-electron chi connectivity index (χ3n) is 5.70. The van der Waals surface area contributed by atoms with Gasteiger partial charge in [-0.1, -0.05) is 32.0 Å². The van der Waals surface area contributed by atoms with E-state index in [-0.39, 0.29) is 16.7 Å². The highest BCUT2D eigenvalue weighted by Crippen LogP contribution is 2.21. The molecule has 2 heterocycles. The summed E-state index contributed by atoms with van der Waals surface area (Å²) in [7, 11) is -3.67. The summed E-state index contributed by atoms with van der Waals surface area (Å²) in [4.78, 5) is 26.4. The first-order valence-electron chi connectivity index (χ1n) is 11.3. The van der Waals surface area contributed by atoms with Crippen molar-refractivity contribution in [3.63, 3.8) is 0 Å². The van der Waals surface area contributed by atoms with Crippen LogP contribution in [0, 0.1) is 6.92 Å². The fourth-order valence-corrected chi connectivity index (χ4v) is 4.89. The molecular weight excluding hydrogens is 450 g/mol. The second kappa shape index (κ2) is 9.80. The third kappa shape index (κ3) is 5.36. The van der Waals surface area contributed by atoms with Crippen LogP contribution >= 0.6 is 0 Å². The topological polar surface area (TPSA) is 95.5 Å². The summed E-state index contributed by atoms with van der Waals surface area (Å²) in [6.07, 6.45) is 0. The molecule has 1 saturated heterocycles. The largest absolute Gasteiger partial charge is 0.353 e. The maximum Gasteiger partial charge on any atom is 0.261 e. The normalized spacial score (nSPS) is 14.4. The van der Waals surface area contributed by atoms with E-state index in [0.29, 0.717) is 37.4 Å².